The van der Waals surface area contributed by atoms with E-state index in [1.54, 1.807) is 6.07 Å². The topological polar surface area (TPSA) is 69.4 Å². The van der Waals surface area contributed by atoms with Crippen LogP contribution >= 0.6 is 11.6 Å². The first-order chi connectivity index (χ1) is 8.47. The number of nitrogens with two attached hydrogens (primary N) is 1. The van der Waals surface area contributed by atoms with E-state index < -0.39 is 15.3 Å². The fraction of sp³-hybridized carbons (Fsp3) is 0.500. The van der Waals surface area contributed by atoms with Gasteiger partial charge in [-0.2, -0.15) is 0 Å². The molecule has 2 rings (SSSR count). The predicted octanol–water partition coefficient (Wildman–Crippen LogP) is 1.58. The number of benzene rings is 1. The molecule has 0 aliphatic carbocycles. The normalized spacial score (nSPS) is 25.0. The van der Waals surface area contributed by atoms with Crippen LogP contribution in [0.3, 0.4) is 0 Å². The molecule has 0 bridgehead atoms. The minimum Gasteiger partial charge on any atom is -0.381 e. The van der Waals surface area contributed by atoms with E-state index in [4.69, 9.17) is 21.5 Å². The molecule has 2 N–H and O–H groups in total. The highest BCUT2D eigenvalue weighted by atomic mass is 35.5. The first-order valence-corrected chi connectivity index (χ1v) is 7.79. The summed E-state index contributed by atoms with van der Waals surface area (Å²) < 4.78 is 28.5. The van der Waals surface area contributed by atoms with E-state index >= 15 is 0 Å². The molecule has 1 saturated heterocycles. The number of primary sulfonamides is 1. The average molecular weight is 290 g/mol. The summed E-state index contributed by atoms with van der Waals surface area (Å²) in [7, 11) is -3.52. The van der Waals surface area contributed by atoms with Gasteiger partial charge in [-0.05, 0) is 30.5 Å². The highest BCUT2D eigenvalue weighted by Gasteiger charge is 2.33. The summed E-state index contributed by atoms with van der Waals surface area (Å²) in [6, 6.07) is 7.42. The second-order valence-electron chi connectivity index (χ2n) is 4.59. The predicted molar refractivity (Wildman–Crippen MR) is 71.0 cm³/mol. The van der Waals surface area contributed by atoms with Crippen molar-refractivity contribution in [2.24, 2.45) is 11.1 Å². The Morgan fingerprint density at radius 3 is 2.89 bits per heavy atom. The summed E-state index contributed by atoms with van der Waals surface area (Å²) in [6.07, 6.45) is 1.08. The minimum absolute atomic E-state index is 0.104. The van der Waals surface area contributed by atoms with Gasteiger partial charge >= 0.3 is 0 Å². The zero-order valence-corrected chi connectivity index (χ0v) is 11.5. The molecule has 1 fully saturated rings. The zero-order valence-electron chi connectivity index (χ0n) is 9.88. The van der Waals surface area contributed by atoms with Crippen molar-refractivity contribution in [2.75, 3.05) is 13.2 Å². The maximum absolute atomic E-state index is 11.6. The van der Waals surface area contributed by atoms with E-state index in [2.05, 4.69) is 0 Å². The van der Waals surface area contributed by atoms with Gasteiger partial charge in [0.2, 0.25) is 10.0 Å². The lowest BCUT2D eigenvalue weighted by Crippen LogP contribution is -2.42. The highest BCUT2D eigenvalue weighted by molar-refractivity contribution is 7.89. The van der Waals surface area contributed by atoms with Gasteiger partial charge in [0.15, 0.2) is 0 Å². The Hall–Kier alpha value is -0.620. The Labute approximate surface area is 112 Å². The standard InChI is InChI=1S/C12H16ClNO3S/c13-11-3-1-2-9(7-11)6-10-8-17-5-4-12(10)18(14,15)16/h1-3,7,10,12H,4-6,8H2,(H2,14,15,16). The second-order valence-corrected chi connectivity index (χ2v) is 6.81. The quantitative estimate of drug-likeness (QED) is 0.918. The minimum atomic E-state index is -3.52. The number of rotatable bonds is 3. The van der Waals surface area contributed by atoms with Gasteiger partial charge in [0.05, 0.1) is 11.9 Å². The third kappa shape index (κ3) is 3.45. The second kappa shape index (κ2) is 5.57. The van der Waals surface area contributed by atoms with Crippen molar-refractivity contribution < 1.29 is 13.2 Å². The molecule has 0 aromatic heterocycles. The van der Waals surface area contributed by atoms with Crippen LogP contribution in [0.1, 0.15) is 12.0 Å². The molecule has 0 radical (unpaired) electrons. The Morgan fingerprint density at radius 2 is 2.22 bits per heavy atom. The Balaban J connectivity index is 2.15. The van der Waals surface area contributed by atoms with Crippen LogP contribution in [-0.4, -0.2) is 26.9 Å². The maximum Gasteiger partial charge on any atom is 0.212 e. The van der Waals surface area contributed by atoms with Crippen LogP contribution in [-0.2, 0) is 21.2 Å². The first-order valence-electron chi connectivity index (χ1n) is 5.80. The molecule has 18 heavy (non-hydrogen) atoms. The number of halogens is 1. The summed E-state index contributed by atoms with van der Waals surface area (Å²) in [5, 5.41) is 5.40. The fourth-order valence-corrected chi connectivity index (χ4v) is 3.72. The van der Waals surface area contributed by atoms with E-state index in [-0.39, 0.29) is 5.92 Å². The summed E-state index contributed by atoms with van der Waals surface area (Å²) in [5.41, 5.74) is 1.01. The zero-order chi connectivity index (χ0) is 13.2. The van der Waals surface area contributed by atoms with Crippen LogP contribution in [0, 0.1) is 5.92 Å². The van der Waals surface area contributed by atoms with Crippen molar-refractivity contribution in [1.29, 1.82) is 0 Å². The van der Waals surface area contributed by atoms with Crippen molar-refractivity contribution >= 4 is 21.6 Å². The smallest absolute Gasteiger partial charge is 0.212 e. The van der Waals surface area contributed by atoms with Crippen molar-refractivity contribution in [1.82, 2.24) is 0 Å². The molecular weight excluding hydrogens is 274 g/mol. The van der Waals surface area contributed by atoms with E-state index in [1.807, 2.05) is 18.2 Å². The fourth-order valence-electron chi connectivity index (χ4n) is 2.37. The van der Waals surface area contributed by atoms with Crippen LogP contribution in [0.5, 0.6) is 0 Å². The molecule has 0 spiro atoms. The number of hydrogen-bond donors (Lipinski definition) is 1. The van der Waals surface area contributed by atoms with Gasteiger partial charge in [-0.1, -0.05) is 23.7 Å². The molecule has 0 saturated carbocycles. The Bertz CT molecular complexity index is 518. The third-order valence-electron chi connectivity index (χ3n) is 3.21. The van der Waals surface area contributed by atoms with Gasteiger partial charge in [-0.25, -0.2) is 13.6 Å². The molecule has 2 unspecified atom stereocenters. The van der Waals surface area contributed by atoms with Gasteiger partial charge < -0.3 is 4.74 Å². The SMILES string of the molecule is NS(=O)(=O)C1CCOCC1Cc1cccc(Cl)c1. The molecule has 1 aromatic carbocycles. The van der Waals surface area contributed by atoms with E-state index in [0.29, 0.717) is 31.1 Å². The molecule has 1 aliphatic rings. The molecule has 1 aliphatic heterocycles. The average Bonchev–Trinajstić information content (AvgIpc) is 2.28. The lowest BCUT2D eigenvalue weighted by atomic mass is 9.94. The molecule has 1 heterocycles. The first kappa shape index (κ1) is 13.8. The monoisotopic (exact) mass is 289 g/mol. The Kier molecular flexibility index (Phi) is 4.27. The van der Waals surface area contributed by atoms with Gasteiger partial charge in [0.25, 0.3) is 0 Å². The summed E-state index contributed by atoms with van der Waals surface area (Å²) >= 11 is 5.91. The Morgan fingerprint density at radius 1 is 1.44 bits per heavy atom. The highest BCUT2D eigenvalue weighted by Crippen LogP contribution is 2.25. The number of hydrogen-bond acceptors (Lipinski definition) is 3. The van der Waals surface area contributed by atoms with E-state index in [1.165, 1.54) is 0 Å². The van der Waals surface area contributed by atoms with Crippen molar-refractivity contribution in [3.8, 4) is 0 Å². The maximum atomic E-state index is 11.6. The van der Waals surface area contributed by atoms with Crippen LogP contribution in [0.25, 0.3) is 0 Å². The molecular formula is C12H16ClNO3S. The van der Waals surface area contributed by atoms with Crippen LogP contribution in [0.4, 0.5) is 0 Å². The lowest BCUT2D eigenvalue weighted by molar-refractivity contribution is 0.0572. The number of sulfonamides is 1. The summed E-state index contributed by atoms with van der Waals surface area (Å²) in [5.74, 6) is -0.104. The summed E-state index contributed by atoms with van der Waals surface area (Å²) in [4.78, 5) is 0. The van der Waals surface area contributed by atoms with E-state index in [9.17, 15) is 8.42 Å². The van der Waals surface area contributed by atoms with Crippen LogP contribution < -0.4 is 5.14 Å². The van der Waals surface area contributed by atoms with Crippen LogP contribution in [0.15, 0.2) is 24.3 Å². The molecule has 1 aromatic rings. The van der Waals surface area contributed by atoms with Crippen molar-refractivity contribution in [3.05, 3.63) is 34.9 Å². The number of ether oxygens (including phenoxy) is 1. The van der Waals surface area contributed by atoms with E-state index in [0.717, 1.165) is 5.56 Å². The molecule has 0 amide bonds. The van der Waals surface area contributed by atoms with Gasteiger partial charge in [0.1, 0.15) is 0 Å². The third-order valence-corrected chi connectivity index (χ3v) is 4.91. The van der Waals surface area contributed by atoms with Crippen molar-refractivity contribution in [2.45, 2.75) is 18.1 Å². The largest absolute Gasteiger partial charge is 0.381 e. The molecule has 2 atom stereocenters. The van der Waals surface area contributed by atoms with Crippen LogP contribution in [0.2, 0.25) is 5.02 Å². The lowest BCUT2D eigenvalue weighted by Gasteiger charge is -2.29. The molecule has 6 heteroatoms. The van der Waals surface area contributed by atoms with Gasteiger partial charge in [-0.3, -0.25) is 0 Å². The summed E-state index contributed by atoms with van der Waals surface area (Å²) in [6.45, 7) is 0.876. The van der Waals surface area contributed by atoms with Gasteiger partial charge in [-0.15, -0.1) is 0 Å². The molecule has 100 valence electrons. The van der Waals surface area contributed by atoms with Crippen molar-refractivity contribution in [3.63, 3.8) is 0 Å². The molecule has 4 nitrogen and oxygen atoms in total. The van der Waals surface area contributed by atoms with Gasteiger partial charge in [0, 0.05) is 17.5 Å².